The Bertz CT molecular complexity index is 1060. The number of H-pyrrole nitrogens is 2. The lowest BCUT2D eigenvalue weighted by Crippen LogP contribution is -2.04. The summed E-state index contributed by atoms with van der Waals surface area (Å²) in [7, 11) is 0. The molecule has 0 aliphatic rings. The molecule has 0 aliphatic carbocycles. The molecule has 6 heteroatoms. The van der Waals surface area contributed by atoms with Crippen molar-refractivity contribution in [2.45, 2.75) is 13.3 Å². The second kappa shape index (κ2) is 5.98. The molecular formula is C19H15FN4O. The summed E-state index contributed by atoms with van der Waals surface area (Å²) in [5, 5.41) is 7.67. The van der Waals surface area contributed by atoms with Crippen LogP contribution in [0.2, 0.25) is 0 Å². The number of nitrogens with zero attached hydrogens (tertiary/aromatic N) is 2. The molecule has 0 radical (unpaired) electrons. The molecule has 1 aromatic carbocycles. The minimum atomic E-state index is -0.271. The SMILES string of the molecule is Cc1cc(C(=O)Cc2cnc3[nH]c(-c4ccc(F)cc4)cc3c2)n[nH]1. The number of fused-ring (bicyclic) bond motifs is 1. The Hall–Kier alpha value is -3.28. The lowest BCUT2D eigenvalue weighted by molar-refractivity contribution is 0.0988. The number of carbonyl (C=O) groups excluding carboxylic acids is 1. The number of aryl methyl sites for hydroxylation is 1. The van der Waals surface area contributed by atoms with Crippen LogP contribution in [-0.2, 0) is 6.42 Å². The smallest absolute Gasteiger partial charge is 0.187 e. The average Bonchev–Trinajstić information content (AvgIpc) is 3.21. The maximum Gasteiger partial charge on any atom is 0.187 e. The zero-order valence-corrected chi connectivity index (χ0v) is 13.5. The molecule has 3 heterocycles. The van der Waals surface area contributed by atoms with Gasteiger partial charge in [0, 0.05) is 29.4 Å². The molecule has 0 unspecified atom stereocenters. The molecule has 25 heavy (non-hydrogen) atoms. The molecule has 5 nitrogen and oxygen atoms in total. The van der Waals surface area contributed by atoms with E-state index in [9.17, 15) is 9.18 Å². The number of Topliss-reactive ketones (excluding diaryl/α,β-unsaturated/α-hetero) is 1. The van der Waals surface area contributed by atoms with Crippen molar-refractivity contribution in [2.75, 3.05) is 0 Å². The summed E-state index contributed by atoms with van der Waals surface area (Å²) in [6.07, 6.45) is 1.93. The lowest BCUT2D eigenvalue weighted by Gasteiger charge is -1.98. The Kier molecular flexibility index (Phi) is 3.65. The highest BCUT2D eigenvalue weighted by atomic mass is 19.1. The third kappa shape index (κ3) is 3.06. The molecule has 0 aliphatic heterocycles. The molecule has 4 aromatic rings. The van der Waals surface area contributed by atoms with Gasteiger partial charge >= 0.3 is 0 Å². The van der Waals surface area contributed by atoms with Gasteiger partial charge in [-0.2, -0.15) is 5.10 Å². The third-order valence-electron chi connectivity index (χ3n) is 4.04. The predicted molar refractivity (Wildman–Crippen MR) is 92.8 cm³/mol. The van der Waals surface area contributed by atoms with Gasteiger partial charge in [-0.3, -0.25) is 9.89 Å². The number of carbonyl (C=O) groups is 1. The monoisotopic (exact) mass is 334 g/mol. The molecule has 3 aromatic heterocycles. The Morgan fingerprint density at radius 2 is 1.96 bits per heavy atom. The van der Waals surface area contributed by atoms with E-state index in [1.807, 2.05) is 19.1 Å². The number of ketones is 1. The largest absolute Gasteiger partial charge is 0.339 e. The van der Waals surface area contributed by atoms with Crippen LogP contribution in [0, 0.1) is 12.7 Å². The van der Waals surface area contributed by atoms with Gasteiger partial charge in [-0.15, -0.1) is 0 Å². The van der Waals surface area contributed by atoms with E-state index in [2.05, 4.69) is 20.2 Å². The fraction of sp³-hybridized carbons (Fsp3) is 0.105. The molecule has 0 fully saturated rings. The van der Waals surface area contributed by atoms with Crippen LogP contribution in [0.25, 0.3) is 22.3 Å². The minimum Gasteiger partial charge on any atom is -0.339 e. The van der Waals surface area contributed by atoms with Crippen LogP contribution in [0.5, 0.6) is 0 Å². The van der Waals surface area contributed by atoms with E-state index in [1.54, 1.807) is 24.4 Å². The van der Waals surface area contributed by atoms with Crippen molar-refractivity contribution < 1.29 is 9.18 Å². The van der Waals surface area contributed by atoms with Gasteiger partial charge in [0.05, 0.1) is 0 Å². The second-order valence-corrected chi connectivity index (χ2v) is 6.01. The van der Waals surface area contributed by atoms with Crippen LogP contribution in [0.3, 0.4) is 0 Å². The van der Waals surface area contributed by atoms with Crippen LogP contribution >= 0.6 is 0 Å². The molecular weight excluding hydrogens is 319 g/mol. The van der Waals surface area contributed by atoms with Gasteiger partial charge in [-0.1, -0.05) is 0 Å². The van der Waals surface area contributed by atoms with Crippen molar-refractivity contribution >= 4 is 16.8 Å². The summed E-state index contributed by atoms with van der Waals surface area (Å²) in [5.41, 5.74) is 4.57. The van der Waals surface area contributed by atoms with Crippen molar-refractivity contribution in [1.82, 2.24) is 20.2 Å². The van der Waals surface area contributed by atoms with E-state index in [0.29, 0.717) is 5.69 Å². The Morgan fingerprint density at radius 3 is 2.68 bits per heavy atom. The summed E-state index contributed by atoms with van der Waals surface area (Å²) in [6, 6.07) is 11.9. The minimum absolute atomic E-state index is 0.0557. The average molecular weight is 334 g/mol. The number of hydrogen-bond donors (Lipinski definition) is 2. The number of aromatic nitrogens is 4. The lowest BCUT2D eigenvalue weighted by atomic mass is 10.1. The first-order valence-corrected chi connectivity index (χ1v) is 7.87. The predicted octanol–water partition coefficient (Wildman–Crippen LogP) is 3.83. The molecule has 4 rings (SSSR count). The van der Waals surface area contributed by atoms with Crippen LogP contribution in [-0.4, -0.2) is 25.9 Å². The first-order valence-electron chi connectivity index (χ1n) is 7.87. The van der Waals surface area contributed by atoms with Crippen molar-refractivity contribution in [1.29, 1.82) is 0 Å². The summed E-state index contributed by atoms with van der Waals surface area (Å²) in [4.78, 5) is 19.9. The zero-order valence-electron chi connectivity index (χ0n) is 13.5. The Balaban J connectivity index is 1.61. The van der Waals surface area contributed by atoms with Crippen molar-refractivity contribution in [3.63, 3.8) is 0 Å². The fourth-order valence-electron chi connectivity index (χ4n) is 2.78. The molecule has 0 saturated carbocycles. The van der Waals surface area contributed by atoms with Crippen molar-refractivity contribution in [3.05, 3.63) is 71.4 Å². The van der Waals surface area contributed by atoms with Gasteiger partial charge in [0.15, 0.2) is 5.78 Å². The number of benzene rings is 1. The van der Waals surface area contributed by atoms with Crippen molar-refractivity contribution in [2.24, 2.45) is 0 Å². The summed E-state index contributed by atoms with van der Waals surface area (Å²) in [6.45, 7) is 1.86. The summed E-state index contributed by atoms with van der Waals surface area (Å²) >= 11 is 0. The number of halogens is 1. The van der Waals surface area contributed by atoms with Gasteiger partial charge in [0.25, 0.3) is 0 Å². The van der Waals surface area contributed by atoms with E-state index in [0.717, 1.165) is 33.5 Å². The topological polar surface area (TPSA) is 74.4 Å². The summed E-state index contributed by atoms with van der Waals surface area (Å²) < 4.78 is 13.1. The van der Waals surface area contributed by atoms with Gasteiger partial charge in [-0.05, 0) is 60.5 Å². The highest BCUT2D eigenvalue weighted by molar-refractivity contribution is 5.96. The normalized spacial score (nSPS) is 11.1. The molecule has 0 amide bonds. The number of aromatic amines is 2. The first kappa shape index (κ1) is 15.3. The number of nitrogens with one attached hydrogen (secondary N) is 2. The zero-order chi connectivity index (χ0) is 17.4. The molecule has 0 atom stereocenters. The summed E-state index contributed by atoms with van der Waals surface area (Å²) in [5.74, 6) is -0.327. The quantitative estimate of drug-likeness (QED) is 0.557. The molecule has 2 N–H and O–H groups in total. The van der Waals surface area contributed by atoms with Crippen LogP contribution in [0.1, 0.15) is 21.7 Å². The molecule has 124 valence electrons. The van der Waals surface area contributed by atoms with E-state index in [-0.39, 0.29) is 18.0 Å². The fourth-order valence-corrected chi connectivity index (χ4v) is 2.78. The maximum absolute atomic E-state index is 13.1. The second-order valence-electron chi connectivity index (χ2n) is 6.01. The highest BCUT2D eigenvalue weighted by Gasteiger charge is 2.12. The first-order chi connectivity index (χ1) is 12.1. The number of rotatable bonds is 4. The standard InChI is InChI=1S/C19H15FN4O/c1-11-6-17(24-23-11)18(25)8-12-7-14-9-16(22-19(14)21-10-12)13-2-4-15(20)5-3-13/h2-7,9-10H,8H2,1H3,(H,21,22)(H,23,24). The maximum atomic E-state index is 13.1. The Labute approximate surface area is 142 Å². The van der Waals surface area contributed by atoms with E-state index in [1.165, 1.54) is 12.1 Å². The van der Waals surface area contributed by atoms with Gasteiger partial charge in [0.2, 0.25) is 0 Å². The molecule has 0 saturated heterocycles. The van der Waals surface area contributed by atoms with Gasteiger partial charge in [0.1, 0.15) is 17.2 Å². The number of pyridine rings is 1. The van der Waals surface area contributed by atoms with Gasteiger partial charge < -0.3 is 4.98 Å². The van der Waals surface area contributed by atoms with Crippen LogP contribution < -0.4 is 0 Å². The van der Waals surface area contributed by atoms with Gasteiger partial charge in [-0.25, -0.2) is 9.37 Å². The number of hydrogen-bond acceptors (Lipinski definition) is 3. The van der Waals surface area contributed by atoms with Crippen LogP contribution in [0.15, 0.2) is 48.7 Å². The highest BCUT2D eigenvalue weighted by Crippen LogP contribution is 2.24. The third-order valence-corrected chi connectivity index (χ3v) is 4.04. The molecule has 0 bridgehead atoms. The van der Waals surface area contributed by atoms with E-state index < -0.39 is 0 Å². The van der Waals surface area contributed by atoms with Crippen molar-refractivity contribution in [3.8, 4) is 11.3 Å². The van der Waals surface area contributed by atoms with Crippen LogP contribution in [0.4, 0.5) is 4.39 Å². The van der Waals surface area contributed by atoms with E-state index >= 15 is 0 Å². The van der Waals surface area contributed by atoms with E-state index in [4.69, 9.17) is 0 Å². The Morgan fingerprint density at radius 1 is 1.16 bits per heavy atom. The molecule has 0 spiro atoms.